The van der Waals surface area contributed by atoms with Gasteiger partial charge in [-0.15, -0.1) is 0 Å². The molecule has 6 nitrogen and oxygen atoms in total. The van der Waals surface area contributed by atoms with Crippen LogP contribution in [0.2, 0.25) is 5.02 Å². The lowest BCUT2D eigenvalue weighted by Gasteiger charge is -2.34. The zero-order valence-electron chi connectivity index (χ0n) is 17.1. The summed E-state index contributed by atoms with van der Waals surface area (Å²) in [6.07, 6.45) is 2.90. The number of aromatic nitrogens is 4. The Hall–Kier alpha value is -2.75. The van der Waals surface area contributed by atoms with Gasteiger partial charge in [-0.1, -0.05) is 11.6 Å². The summed E-state index contributed by atoms with van der Waals surface area (Å²) >= 11 is 6.20. The van der Waals surface area contributed by atoms with E-state index in [1.54, 1.807) is 10.9 Å². The first-order valence-electron chi connectivity index (χ1n) is 10.1. The van der Waals surface area contributed by atoms with Crippen LogP contribution in [0.1, 0.15) is 37.3 Å². The van der Waals surface area contributed by atoms with Gasteiger partial charge in [0.25, 0.3) is 6.43 Å². The van der Waals surface area contributed by atoms with E-state index in [1.807, 2.05) is 13.1 Å². The van der Waals surface area contributed by atoms with Crippen molar-refractivity contribution in [2.75, 3.05) is 6.61 Å². The van der Waals surface area contributed by atoms with Crippen LogP contribution in [0, 0.1) is 5.92 Å². The Morgan fingerprint density at radius 3 is 2.66 bits per heavy atom. The second kappa shape index (κ2) is 8.65. The first-order valence-corrected chi connectivity index (χ1v) is 10.5. The summed E-state index contributed by atoms with van der Waals surface area (Å²) in [6.45, 7) is 2.84. The van der Waals surface area contributed by atoms with E-state index in [1.165, 1.54) is 23.0 Å². The van der Waals surface area contributed by atoms with E-state index in [0.717, 1.165) is 16.2 Å². The minimum Gasteiger partial charge on any atom is -0.493 e. The maximum atomic E-state index is 13.6. The molecule has 2 aromatic heterocycles. The third kappa shape index (κ3) is 4.55. The number of alkyl halides is 4. The van der Waals surface area contributed by atoms with Crippen molar-refractivity contribution >= 4 is 11.6 Å². The number of benzene rings is 1. The molecule has 1 aliphatic carbocycles. The van der Waals surface area contributed by atoms with Crippen LogP contribution in [-0.4, -0.2) is 31.4 Å². The van der Waals surface area contributed by atoms with Crippen molar-refractivity contribution < 1.29 is 22.3 Å². The van der Waals surface area contributed by atoms with Crippen LogP contribution in [-0.2, 0) is 13.1 Å². The molecule has 0 unspecified atom stereocenters. The van der Waals surface area contributed by atoms with Crippen molar-refractivity contribution in [3.8, 4) is 11.4 Å². The fourth-order valence-electron chi connectivity index (χ4n) is 3.71. The summed E-state index contributed by atoms with van der Waals surface area (Å²) in [4.78, 5) is 12.9. The average molecular weight is 473 g/mol. The van der Waals surface area contributed by atoms with Crippen LogP contribution >= 0.6 is 11.6 Å². The smallest absolute Gasteiger partial charge is 0.333 e. The first kappa shape index (κ1) is 22.4. The van der Waals surface area contributed by atoms with Gasteiger partial charge in [-0.25, -0.2) is 22.4 Å². The van der Waals surface area contributed by atoms with Crippen LogP contribution in [0.25, 0.3) is 5.69 Å². The Labute approximate surface area is 186 Å². The maximum Gasteiger partial charge on any atom is 0.333 e. The predicted molar refractivity (Wildman–Crippen MR) is 110 cm³/mol. The summed E-state index contributed by atoms with van der Waals surface area (Å²) in [6, 6.07) is 2.44. The highest BCUT2D eigenvalue weighted by atomic mass is 35.5. The van der Waals surface area contributed by atoms with Gasteiger partial charge in [-0.3, -0.25) is 13.8 Å². The van der Waals surface area contributed by atoms with Crippen LogP contribution in [0.5, 0.6) is 5.75 Å². The molecule has 0 saturated heterocycles. The average Bonchev–Trinajstić information content (AvgIpc) is 3.32. The molecule has 4 rings (SSSR count). The van der Waals surface area contributed by atoms with Gasteiger partial charge in [0.05, 0.1) is 30.1 Å². The van der Waals surface area contributed by atoms with E-state index in [9.17, 15) is 22.4 Å². The summed E-state index contributed by atoms with van der Waals surface area (Å²) < 4.78 is 63.0. The Bertz CT molecular complexity index is 1160. The van der Waals surface area contributed by atoms with Gasteiger partial charge in [0.2, 0.25) is 5.92 Å². The number of hydrogen-bond donors (Lipinski definition) is 0. The number of aryl methyl sites for hydroxylation is 1. The van der Waals surface area contributed by atoms with E-state index in [-0.39, 0.29) is 48.4 Å². The Kier molecular flexibility index (Phi) is 6.07. The molecule has 1 aliphatic rings. The van der Waals surface area contributed by atoms with E-state index in [0.29, 0.717) is 6.54 Å². The minimum atomic E-state index is -2.91. The second-order valence-corrected chi connectivity index (χ2v) is 8.25. The van der Waals surface area contributed by atoms with Crippen LogP contribution in [0.4, 0.5) is 17.6 Å². The molecule has 0 spiro atoms. The molecule has 1 fully saturated rings. The molecule has 0 atom stereocenters. The summed E-state index contributed by atoms with van der Waals surface area (Å²) in [7, 11) is 0. The molecule has 1 aromatic carbocycles. The van der Waals surface area contributed by atoms with Crippen molar-refractivity contribution in [1.82, 2.24) is 18.9 Å². The van der Waals surface area contributed by atoms with E-state index in [4.69, 9.17) is 16.3 Å². The fourth-order valence-corrected chi connectivity index (χ4v) is 4.00. The number of halogens is 5. The monoisotopic (exact) mass is 472 g/mol. The van der Waals surface area contributed by atoms with Gasteiger partial charge in [-0.05, 0) is 13.0 Å². The molecule has 0 N–H and O–H groups in total. The molecule has 32 heavy (non-hydrogen) atoms. The number of nitrogens with zero attached hydrogens (tertiary/aromatic N) is 4. The van der Waals surface area contributed by atoms with E-state index >= 15 is 0 Å². The molecule has 0 aliphatic heterocycles. The van der Waals surface area contributed by atoms with Crippen molar-refractivity contribution in [2.24, 2.45) is 5.92 Å². The van der Waals surface area contributed by atoms with Gasteiger partial charge >= 0.3 is 5.69 Å². The van der Waals surface area contributed by atoms with Gasteiger partial charge in [0, 0.05) is 61.1 Å². The number of rotatable bonds is 8. The van der Waals surface area contributed by atoms with Crippen LogP contribution in [0.15, 0.2) is 41.7 Å². The molecular weight excluding hydrogens is 452 g/mol. The van der Waals surface area contributed by atoms with Gasteiger partial charge < -0.3 is 4.74 Å². The summed E-state index contributed by atoms with van der Waals surface area (Å²) in [5.74, 6) is -3.01. The van der Waals surface area contributed by atoms with Crippen molar-refractivity contribution in [1.29, 1.82) is 0 Å². The molecule has 3 aromatic rings. The quantitative estimate of drug-likeness (QED) is 0.437. The fraction of sp³-hybridized carbons (Fsp3) is 0.429. The minimum absolute atomic E-state index is 0.0311. The lowest BCUT2D eigenvalue weighted by atomic mass is 9.82. The lowest BCUT2D eigenvalue weighted by Crippen LogP contribution is -2.38. The zero-order chi connectivity index (χ0) is 23.0. The first-order chi connectivity index (χ1) is 15.2. The normalized spacial score (nSPS) is 15.8. The number of ether oxygens (including phenoxy) is 1. The molecule has 0 bridgehead atoms. The predicted octanol–water partition coefficient (Wildman–Crippen LogP) is 4.92. The molecular formula is C21H21ClF4N4O2. The molecule has 0 radical (unpaired) electrons. The Balaban J connectivity index is 1.61. The molecule has 1 saturated carbocycles. The van der Waals surface area contributed by atoms with Crippen molar-refractivity contribution in [2.45, 2.75) is 45.2 Å². The van der Waals surface area contributed by atoms with Gasteiger partial charge in [0.1, 0.15) is 5.75 Å². The largest absolute Gasteiger partial charge is 0.493 e. The molecule has 11 heteroatoms. The molecule has 172 valence electrons. The SMILES string of the molecule is CCn1cc(Cn2ccn(-c3cc(OCC4CC(F)(F)C4)cc(C(F)F)c3Cl)c2=O)cn1. The molecule has 2 heterocycles. The Morgan fingerprint density at radius 2 is 2.03 bits per heavy atom. The number of imidazole rings is 1. The molecule has 0 amide bonds. The zero-order valence-corrected chi connectivity index (χ0v) is 17.9. The summed E-state index contributed by atoms with van der Waals surface area (Å²) in [5.41, 5.74) is -0.138. The highest BCUT2D eigenvalue weighted by Crippen LogP contribution is 2.43. The van der Waals surface area contributed by atoms with E-state index < -0.39 is 23.6 Å². The maximum absolute atomic E-state index is 13.6. The highest BCUT2D eigenvalue weighted by Gasteiger charge is 2.45. The topological polar surface area (TPSA) is 54.0 Å². The lowest BCUT2D eigenvalue weighted by molar-refractivity contribution is -0.119. The van der Waals surface area contributed by atoms with Gasteiger partial charge in [-0.2, -0.15) is 5.10 Å². The third-order valence-corrected chi connectivity index (χ3v) is 5.83. The Morgan fingerprint density at radius 1 is 1.28 bits per heavy atom. The van der Waals surface area contributed by atoms with Crippen molar-refractivity contribution in [3.05, 3.63) is 63.6 Å². The van der Waals surface area contributed by atoms with Crippen molar-refractivity contribution in [3.63, 3.8) is 0 Å². The van der Waals surface area contributed by atoms with Crippen LogP contribution in [0.3, 0.4) is 0 Å². The van der Waals surface area contributed by atoms with Crippen LogP contribution < -0.4 is 10.4 Å². The second-order valence-electron chi connectivity index (χ2n) is 7.87. The van der Waals surface area contributed by atoms with E-state index in [2.05, 4.69) is 5.10 Å². The standard InChI is InChI=1S/C21H21ClF4N4O2/c1-2-29-11-14(9-27-29)10-28-3-4-30(20(28)31)17-6-15(5-16(18(17)22)19(23)24)32-12-13-7-21(25,26)8-13/h3-6,9,11,13,19H,2,7-8,10,12H2,1H3. The highest BCUT2D eigenvalue weighted by molar-refractivity contribution is 6.33. The number of hydrogen-bond acceptors (Lipinski definition) is 3. The van der Waals surface area contributed by atoms with Gasteiger partial charge in [0.15, 0.2) is 0 Å². The third-order valence-electron chi connectivity index (χ3n) is 5.42. The summed E-state index contributed by atoms with van der Waals surface area (Å²) in [5, 5.41) is 3.89.